The molecule has 1 aliphatic heterocycles. The summed E-state index contributed by atoms with van der Waals surface area (Å²) in [6, 6.07) is 11.8. The molecular weight excluding hydrogens is 511 g/mol. The standard InChI is InChI=1S/C29H36F3N3O4/c1-2-3-20-4-6-21(7-5-20)22-14-16-34(17-15-22)28(36)19-39-25-11-8-23(9-12-25)33-24-10-13-27(35(37)38)26(18-24)29(30,31)32/h4-7,10,13,18,22-23,25,33H,2-3,8-9,11-12,14-17,19H2,1H3. The van der Waals surface area contributed by atoms with Crippen molar-refractivity contribution in [2.24, 2.45) is 0 Å². The molecule has 212 valence electrons. The molecule has 10 heteroatoms. The van der Waals surface area contributed by atoms with Crippen molar-refractivity contribution in [3.63, 3.8) is 0 Å². The van der Waals surface area contributed by atoms with Crippen LogP contribution >= 0.6 is 0 Å². The summed E-state index contributed by atoms with van der Waals surface area (Å²) in [5, 5.41) is 14.0. The van der Waals surface area contributed by atoms with Crippen molar-refractivity contribution in [1.82, 2.24) is 4.90 Å². The molecule has 1 saturated carbocycles. The Bertz CT molecular complexity index is 1120. The first-order chi connectivity index (χ1) is 18.6. The lowest BCUT2D eigenvalue weighted by Gasteiger charge is -2.33. The molecular formula is C29H36F3N3O4. The Morgan fingerprint density at radius 1 is 1.05 bits per heavy atom. The van der Waals surface area contributed by atoms with Gasteiger partial charge in [-0.05, 0) is 74.1 Å². The molecule has 1 amide bonds. The number of hydrogen-bond donors (Lipinski definition) is 1. The van der Waals surface area contributed by atoms with Gasteiger partial charge in [-0.2, -0.15) is 13.2 Å². The molecule has 1 heterocycles. The van der Waals surface area contributed by atoms with Crippen LogP contribution in [0.4, 0.5) is 24.5 Å². The predicted octanol–water partition coefficient (Wildman–Crippen LogP) is 6.71. The summed E-state index contributed by atoms with van der Waals surface area (Å²) >= 11 is 0. The fourth-order valence-electron chi connectivity index (χ4n) is 5.61. The number of carbonyl (C=O) groups is 1. The number of ether oxygens (including phenoxy) is 1. The Labute approximate surface area is 226 Å². The normalized spacial score (nSPS) is 20.6. The van der Waals surface area contributed by atoms with Gasteiger partial charge in [0.25, 0.3) is 5.69 Å². The van der Waals surface area contributed by atoms with Crippen LogP contribution in [0.25, 0.3) is 0 Å². The molecule has 1 N–H and O–H groups in total. The summed E-state index contributed by atoms with van der Waals surface area (Å²) in [4.78, 5) is 24.6. The first kappa shape index (κ1) is 28.9. The van der Waals surface area contributed by atoms with Crippen LogP contribution < -0.4 is 5.32 Å². The minimum absolute atomic E-state index is 0.00227. The number of nitrogens with one attached hydrogen (secondary N) is 1. The maximum Gasteiger partial charge on any atom is 0.423 e. The number of aryl methyl sites for hydroxylation is 1. The number of piperidine rings is 1. The van der Waals surface area contributed by atoms with Crippen molar-refractivity contribution >= 4 is 17.3 Å². The van der Waals surface area contributed by atoms with E-state index in [9.17, 15) is 28.1 Å². The molecule has 2 aromatic rings. The zero-order chi connectivity index (χ0) is 28.0. The van der Waals surface area contributed by atoms with Crippen LogP contribution in [0.2, 0.25) is 0 Å². The van der Waals surface area contributed by atoms with E-state index < -0.39 is 22.4 Å². The smallest absolute Gasteiger partial charge is 0.382 e. The molecule has 0 radical (unpaired) electrons. The van der Waals surface area contributed by atoms with E-state index in [0.717, 1.165) is 50.9 Å². The number of rotatable bonds is 9. The quantitative estimate of drug-likeness (QED) is 0.279. The number of nitrogens with zero attached hydrogens (tertiary/aromatic N) is 2. The van der Waals surface area contributed by atoms with Gasteiger partial charge in [0.05, 0.1) is 11.0 Å². The number of hydrogen-bond acceptors (Lipinski definition) is 5. The van der Waals surface area contributed by atoms with Gasteiger partial charge in [-0.1, -0.05) is 37.6 Å². The number of carbonyl (C=O) groups excluding carboxylic acids is 1. The third kappa shape index (κ3) is 7.71. The minimum atomic E-state index is -4.81. The Morgan fingerprint density at radius 2 is 1.72 bits per heavy atom. The van der Waals surface area contributed by atoms with Crippen LogP contribution in [0.3, 0.4) is 0 Å². The van der Waals surface area contributed by atoms with E-state index in [4.69, 9.17) is 4.74 Å². The van der Waals surface area contributed by atoms with E-state index >= 15 is 0 Å². The largest absolute Gasteiger partial charge is 0.423 e. The molecule has 0 atom stereocenters. The first-order valence-corrected chi connectivity index (χ1v) is 13.7. The van der Waals surface area contributed by atoms with Crippen LogP contribution in [0, 0.1) is 10.1 Å². The molecule has 1 saturated heterocycles. The summed E-state index contributed by atoms with van der Waals surface area (Å²) in [7, 11) is 0. The van der Waals surface area contributed by atoms with Crippen LogP contribution in [-0.2, 0) is 22.1 Å². The fourth-order valence-corrected chi connectivity index (χ4v) is 5.61. The first-order valence-electron chi connectivity index (χ1n) is 13.7. The second-order valence-electron chi connectivity index (χ2n) is 10.6. The van der Waals surface area contributed by atoms with Gasteiger partial charge in [-0.25, -0.2) is 0 Å². The van der Waals surface area contributed by atoms with Gasteiger partial charge in [0.2, 0.25) is 5.91 Å². The van der Waals surface area contributed by atoms with Crippen LogP contribution in [0.5, 0.6) is 0 Å². The van der Waals surface area contributed by atoms with Crippen LogP contribution in [0.15, 0.2) is 42.5 Å². The third-order valence-electron chi connectivity index (χ3n) is 7.82. The van der Waals surface area contributed by atoms with Crippen molar-refractivity contribution in [3.8, 4) is 0 Å². The molecule has 39 heavy (non-hydrogen) atoms. The van der Waals surface area contributed by atoms with Gasteiger partial charge >= 0.3 is 6.18 Å². The molecule has 2 aromatic carbocycles. The minimum Gasteiger partial charge on any atom is -0.382 e. The fraction of sp³-hybridized carbons (Fsp3) is 0.552. The van der Waals surface area contributed by atoms with Gasteiger partial charge in [-0.3, -0.25) is 14.9 Å². The van der Waals surface area contributed by atoms with Gasteiger partial charge in [0.15, 0.2) is 0 Å². The van der Waals surface area contributed by atoms with Gasteiger partial charge in [0, 0.05) is 30.9 Å². The summed E-state index contributed by atoms with van der Waals surface area (Å²) < 4.78 is 45.7. The van der Waals surface area contributed by atoms with E-state index in [1.54, 1.807) is 0 Å². The van der Waals surface area contributed by atoms with Crippen molar-refractivity contribution in [1.29, 1.82) is 0 Å². The number of halogens is 3. The maximum absolute atomic E-state index is 13.3. The molecule has 0 bridgehead atoms. The Kier molecular flexibility index (Phi) is 9.48. The highest BCUT2D eigenvalue weighted by Crippen LogP contribution is 2.38. The van der Waals surface area contributed by atoms with E-state index in [0.29, 0.717) is 31.6 Å². The molecule has 7 nitrogen and oxygen atoms in total. The monoisotopic (exact) mass is 547 g/mol. The predicted molar refractivity (Wildman–Crippen MR) is 143 cm³/mol. The molecule has 0 aromatic heterocycles. The van der Waals surface area contributed by atoms with Crippen molar-refractivity contribution in [2.45, 2.75) is 82.5 Å². The molecule has 0 unspecified atom stereocenters. The lowest BCUT2D eigenvalue weighted by molar-refractivity contribution is -0.388. The topological polar surface area (TPSA) is 84.7 Å². The van der Waals surface area contributed by atoms with Crippen molar-refractivity contribution in [3.05, 3.63) is 69.3 Å². The number of likely N-dealkylation sites (tertiary alicyclic amines) is 1. The van der Waals surface area contributed by atoms with E-state index in [1.807, 2.05) is 4.90 Å². The molecule has 0 spiro atoms. The average Bonchev–Trinajstić information content (AvgIpc) is 2.92. The Hall–Kier alpha value is -3.14. The lowest BCUT2D eigenvalue weighted by atomic mass is 9.88. The summed E-state index contributed by atoms with van der Waals surface area (Å²) in [6.07, 6.45) is 1.91. The second-order valence-corrected chi connectivity index (χ2v) is 10.6. The van der Waals surface area contributed by atoms with E-state index in [1.165, 1.54) is 17.2 Å². The average molecular weight is 548 g/mol. The molecule has 2 fully saturated rings. The number of nitro benzene ring substituents is 1. The van der Waals surface area contributed by atoms with Gasteiger partial charge in [0.1, 0.15) is 12.2 Å². The van der Waals surface area contributed by atoms with E-state index in [-0.39, 0.29) is 30.3 Å². The van der Waals surface area contributed by atoms with Crippen molar-refractivity contribution < 1.29 is 27.6 Å². The molecule has 4 rings (SSSR count). The number of amides is 1. The SMILES string of the molecule is CCCc1ccc(C2CCN(C(=O)COC3CCC(Nc4ccc([N+](=O)[O-])c(C(F)(F)F)c4)CC3)CC2)cc1. The summed E-state index contributed by atoms with van der Waals surface area (Å²) in [5.41, 5.74) is 0.680. The van der Waals surface area contributed by atoms with Crippen molar-refractivity contribution in [2.75, 3.05) is 25.0 Å². The molecule has 1 aliphatic carbocycles. The zero-order valence-electron chi connectivity index (χ0n) is 22.2. The summed E-state index contributed by atoms with van der Waals surface area (Å²) in [6.45, 7) is 3.65. The Balaban J connectivity index is 1.18. The highest BCUT2D eigenvalue weighted by Gasteiger charge is 2.38. The second kappa shape index (κ2) is 12.8. The van der Waals surface area contributed by atoms with Crippen LogP contribution in [0.1, 0.15) is 74.5 Å². The number of anilines is 1. The summed E-state index contributed by atoms with van der Waals surface area (Å²) in [5.74, 6) is 0.467. The highest BCUT2D eigenvalue weighted by molar-refractivity contribution is 5.77. The zero-order valence-corrected chi connectivity index (χ0v) is 22.2. The van der Waals surface area contributed by atoms with Gasteiger partial charge < -0.3 is 15.0 Å². The molecule has 2 aliphatic rings. The lowest BCUT2D eigenvalue weighted by Crippen LogP contribution is -2.41. The Morgan fingerprint density at radius 3 is 2.31 bits per heavy atom. The third-order valence-corrected chi connectivity index (χ3v) is 7.82. The number of alkyl halides is 3. The highest BCUT2D eigenvalue weighted by atomic mass is 19.4. The van der Waals surface area contributed by atoms with E-state index in [2.05, 4.69) is 36.5 Å². The number of nitro groups is 1. The van der Waals surface area contributed by atoms with Gasteiger partial charge in [-0.15, -0.1) is 0 Å². The maximum atomic E-state index is 13.3. The van der Waals surface area contributed by atoms with Crippen LogP contribution in [-0.4, -0.2) is 47.6 Å². The number of benzene rings is 2.